The first-order chi connectivity index (χ1) is 24.6. The lowest BCUT2D eigenvalue weighted by Crippen LogP contribution is -2.27. The molecule has 0 bridgehead atoms. The van der Waals surface area contributed by atoms with Gasteiger partial charge in [0, 0.05) is 11.1 Å². The molecule has 0 amide bonds. The first-order valence-electron chi connectivity index (χ1n) is 17.4. The van der Waals surface area contributed by atoms with Crippen molar-refractivity contribution in [3.63, 3.8) is 0 Å². The van der Waals surface area contributed by atoms with Crippen LogP contribution in [0.4, 0.5) is 0 Å². The van der Waals surface area contributed by atoms with Gasteiger partial charge >= 0.3 is 0 Å². The molecule has 0 aliphatic carbocycles. The summed E-state index contributed by atoms with van der Waals surface area (Å²) in [7, 11) is 0. The lowest BCUT2D eigenvalue weighted by Gasteiger charge is -2.30. The summed E-state index contributed by atoms with van der Waals surface area (Å²) in [5.41, 5.74) is 5.31. The number of likely N-dealkylation sites (tertiary alicyclic amines) is 2. The lowest BCUT2D eigenvalue weighted by molar-refractivity contribution is 0.277. The minimum atomic E-state index is -0.0399. The van der Waals surface area contributed by atoms with Gasteiger partial charge in [0.15, 0.2) is 0 Å². The van der Waals surface area contributed by atoms with E-state index in [4.69, 9.17) is 0 Å². The van der Waals surface area contributed by atoms with Crippen LogP contribution in [0.5, 0.6) is 11.5 Å². The summed E-state index contributed by atoms with van der Waals surface area (Å²) in [6.45, 7) is 4.02. The van der Waals surface area contributed by atoms with E-state index in [1.165, 1.54) is 25.7 Å². The average Bonchev–Trinajstić information content (AvgIpc) is 3.90. The van der Waals surface area contributed by atoms with E-state index >= 15 is 0 Å². The molecule has 6 nitrogen and oxygen atoms in total. The molecule has 248 valence electrons. The molecular formula is C44H40N4O2. The average molecular weight is 657 g/mol. The maximum atomic E-state index is 10.7. The van der Waals surface area contributed by atoms with E-state index in [9.17, 15) is 20.7 Å². The zero-order chi connectivity index (χ0) is 34.5. The molecule has 2 aliphatic rings. The first-order valence-corrected chi connectivity index (χ1v) is 17.4. The summed E-state index contributed by atoms with van der Waals surface area (Å²) >= 11 is 0. The van der Waals surface area contributed by atoms with Gasteiger partial charge in [-0.2, -0.15) is 10.5 Å². The molecule has 8 rings (SSSR count). The van der Waals surface area contributed by atoms with Crippen LogP contribution in [-0.4, -0.2) is 46.2 Å². The summed E-state index contributed by atoms with van der Waals surface area (Å²) in [5, 5.41) is 44.4. The van der Waals surface area contributed by atoms with Gasteiger partial charge in [-0.1, -0.05) is 84.9 Å². The fraction of sp³-hybridized carbons (Fsp3) is 0.227. The Morgan fingerprint density at radius 1 is 0.480 bits per heavy atom. The predicted molar refractivity (Wildman–Crippen MR) is 199 cm³/mol. The number of nitriles is 2. The summed E-state index contributed by atoms with van der Waals surface area (Å²) in [4.78, 5) is 4.83. The Kier molecular flexibility index (Phi) is 9.76. The Labute approximate surface area is 293 Å². The van der Waals surface area contributed by atoms with Crippen LogP contribution in [0.3, 0.4) is 0 Å². The summed E-state index contributed by atoms with van der Waals surface area (Å²) in [6, 6.07) is 43.8. The van der Waals surface area contributed by atoms with E-state index in [0.717, 1.165) is 70.0 Å². The van der Waals surface area contributed by atoms with Gasteiger partial charge in [0.25, 0.3) is 0 Å². The van der Waals surface area contributed by atoms with E-state index in [1.807, 2.05) is 72.8 Å². The summed E-state index contributed by atoms with van der Waals surface area (Å²) in [5.74, 6) is 0.635. The van der Waals surface area contributed by atoms with Crippen molar-refractivity contribution < 1.29 is 10.2 Å². The van der Waals surface area contributed by atoms with Gasteiger partial charge in [-0.05, 0) is 121 Å². The quantitative estimate of drug-likeness (QED) is 0.186. The van der Waals surface area contributed by atoms with Crippen molar-refractivity contribution in [3.05, 3.63) is 155 Å². The lowest BCUT2D eigenvalue weighted by atomic mass is 9.91. The molecule has 0 unspecified atom stereocenters. The highest BCUT2D eigenvalue weighted by molar-refractivity contribution is 5.89. The van der Waals surface area contributed by atoms with Gasteiger partial charge in [-0.3, -0.25) is 9.80 Å². The zero-order valence-corrected chi connectivity index (χ0v) is 28.0. The third kappa shape index (κ3) is 6.65. The first kappa shape index (κ1) is 32.9. The van der Waals surface area contributed by atoms with Crippen LogP contribution in [0.25, 0.3) is 21.5 Å². The van der Waals surface area contributed by atoms with E-state index in [2.05, 4.69) is 58.3 Å². The number of hydrogen-bond donors (Lipinski definition) is 2. The Balaban J connectivity index is 0.000000157. The molecule has 2 fully saturated rings. The van der Waals surface area contributed by atoms with Gasteiger partial charge < -0.3 is 10.2 Å². The standard InChI is InChI=1S/2C22H20N2O/c2*23-15-16-6-5-8-18(14-16)22(24-12-3-4-13-24)21-19-9-2-1-7-17(19)10-11-20(21)25/h2*1-2,5-11,14,22,25H,3-4,12-13H2/t2*22-/m11/s1. The number of aromatic hydroxyl groups is 2. The topological polar surface area (TPSA) is 94.5 Å². The van der Waals surface area contributed by atoms with Crippen LogP contribution < -0.4 is 0 Å². The SMILES string of the molecule is N#Cc1cccc([C@H](c2c(O)ccc3ccccc23)N2CCCC2)c1.N#Cc1cccc([C@H](c2c(O)ccc3ccccc23)N2CCCC2)c1. The van der Waals surface area contributed by atoms with Crippen LogP contribution in [-0.2, 0) is 0 Å². The monoisotopic (exact) mass is 656 g/mol. The number of nitrogens with zero attached hydrogens (tertiary/aromatic N) is 4. The maximum absolute atomic E-state index is 10.7. The molecule has 50 heavy (non-hydrogen) atoms. The van der Waals surface area contributed by atoms with Crippen molar-refractivity contribution in [2.24, 2.45) is 0 Å². The molecule has 2 aliphatic heterocycles. The molecular weight excluding hydrogens is 617 g/mol. The minimum absolute atomic E-state index is 0.0399. The largest absolute Gasteiger partial charge is 0.508 e. The number of hydrogen-bond acceptors (Lipinski definition) is 6. The van der Waals surface area contributed by atoms with Crippen molar-refractivity contribution in [2.75, 3.05) is 26.2 Å². The highest BCUT2D eigenvalue weighted by Crippen LogP contribution is 2.42. The van der Waals surface area contributed by atoms with Crippen molar-refractivity contribution in [2.45, 2.75) is 37.8 Å². The fourth-order valence-corrected chi connectivity index (χ4v) is 7.82. The van der Waals surface area contributed by atoms with Crippen molar-refractivity contribution in [1.29, 1.82) is 10.5 Å². The normalized spacial score (nSPS) is 16.0. The Bertz CT molecular complexity index is 2060. The summed E-state index contributed by atoms with van der Waals surface area (Å²) in [6.07, 6.45) is 4.67. The minimum Gasteiger partial charge on any atom is -0.508 e. The van der Waals surface area contributed by atoms with Crippen LogP contribution in [0, 0.1) is 22.7 Å². The molecule has 0 aromatic heterocycles. The van der Waals surface area contributed by atoms with Gasteiger partial charge in [0.1, 0.15) is 11.5 Å². The number of rotatable bonds is 6. The third-order valence-electron chi connectivity index (χ3n) is 10.1. The smallest absolute Gasteiger partial charge is 0.121 e. The number of phenols is 2. The van der Waals surface area contributed by atoms with Crippen LogP contribution in [0.2, 0.25) is 0 Å². The molecule has 0 saturated carbocycles. The molecule has 2 atom stereocenters. The zero-order valence-electron chi connectivity index (χ0n) is 28.0. The van der Waals surface area contributed by atoms with Crippen LogP contribution in [0.1, 0.15) is 71.1 Å². The Morgan fingerprint density at radius 3 is 1.28 bits per heavy atom. The third-order valence-corrected chi connectivity index (χ3v) is 10.1. The highest BCUT2D eigenvalue weighted by Gasteiger charge is 2.30. The molecule has 6 aromatic carbocycles. The fourth-order valence-electron chi connectivity index (χ4n) is 7.82. The second kappa shape index (κ2) is 14.8. The second-order valence-corrected chi connectivity index (χ2v) is 13.2. The number of benzene rings is 6. The maximum Gasteiger partial charge on any atom is 0.121 e. The predicted octanol–water partition coefficient (Wildman–Crippen LogP) is 9.20. The van der Waals surface area contributed by atoms with E-state index in [1.54, 1.807) is 12.1 Å². The van der Waals surface area contributed by atoms with Crippen LogP contribution >= 0.6 is 0 Å². The van der Waals surface area contributed by atoms with Crippen LogP contribution in [0.15, 0.2) is 121 Å². The van der Waals surface area contributed by atoms with Gasteiger partial charge in [-0.15, -0.1) is 0 Å². The van der Waals surface area contributed by atoms with Gasteiger partial charge in [0.05, 0.1) is 35.3 Å². The van der Waals surface area contributed by atoms with Crippen molar-refractivity contribution >= 4 is 21.5 Å². The molecule has 0 spiro atoms. The number of phenolic OH excluding ortho intramolecular Hbond substituents is 2. The molecule has 2 heterocycles. The number of fused-ring (bicyclic) bond motifs is 2. The summed E-state index contributed by atoms with van der Waals surface area (Å²) < 4.78 is 0. The molecule has 2 N–H and O–H groups in total. The van der Waals surface area contributed by atoms with Gasteiger partial charge in [0.2, 0.25) is 0 Å². The van der Waals surface area contributed by atoms with E-state index in [-0.39, 0.29) is 12.1 Å². The van der Waals surface area contributed by atoms with Crippen molar-refractivity contribution in [3.8, 4) is 23.6 Å². The molecule has 2 saturated heterocycles. The highest BCUT2D eigenvalue weighted by atomic mass is 16.3. The Hall–Kier alpha value is -5.66. The van der Waals surface area contributed by atoms with E-state index < -0.39 is 0 Å². The van der Waals surface area contributed by atoms with Gasteiger partial charge in [-0.25, -0.2) is 0 Å². The van der Waals surface area contributed by atoms with Crippen molar-refractivity contribution in [1.82, 2.24) is 9.80 Å². The molecule has 6 heteroatoms. The second-order valence-electron chi connectivity index (χ2n) is 13.2. The van der Waals surface area contributed by atoms with E-state index in [0.29, 0.717) is 22.6 Å². The Morgan fingerprint density at radius 2 is 0.880 bits per heavy atom. The molecule has 0 radical (unpaired) electrons. The molecule has 6 aromatic rings.